The number of amides is 2. The maximum Gasteiger partial charge on any atom is 0.417 e. The first kappa shape index (κ1) is 24.8. The van der Waals surface area contributed by atoms with Crippen molar-refractivity contribution in [2.45, 2.75) is 38.4 Å². The summed E-state index contributed by atoms with van der Waals surface area (Å²) in [6.45, 7) is 3.41. The van der Waals surface area contributed by atoms with E-state index in [0.29, 0.717) is 36.8 Å². The van der Waals surface area contributed by atoms with Gasteiger partial charge in [-0.1, -0.05) is 48.9 Å². The van der Waals surface area contributed by atoms with Crippen molar-refractivity contribution in [2.24, 2.45) is 0 Å². The smallest absolute Gasteiger partial charge is 0.417 e. The fraction of sp³-hybridized carbons (Fsp3) is 0.345. The van der Waals surface area contributed by atoms with Crippen molar-refractivity contribution < 1.29 is 23.5 Å². The normalized spacial score (nSPS) is 18.5. The van der Waals surface area contributed by atoms with Crippen molar-refractivity contribution in [3.05, 3.63) is 83.6 Å². The average Bonchev–Trinajstić information content (AvgIpc) is 3.50. The van der Waals surface area contributed by atoms with Gasteiger partial charge in [0.1, 0.15) is 24.3 Å². The zero-order valence-corrected chi connectivity index (χ0v) is 20.8. The second-order valence-corrected chi connectivity index (χ2v) is 9.32. The van der Waals surface area contributed by atoms with Gasteiger partial charge in [0.2, 0.25) is 5.89 Å². The van der Waals surface area contributed by atoms with E-state index >= 15 is 0 Å². The second kappa shape index (κ2) is 11.9. The van der Waals surface area contributed by atoms with Gasteiger partial charge in [-0.25, -0.2) is 14.7 Å². The topological polar surface area (TPSA) is 85.1 Å². The Hall–Kier alpha value is -3.91. The number of piperidine rings is 1. The molecule has 2 amide bonds. The zero-order chi connectivity index (χ0) is 25.5. The third kappa shape index (κ3) is 6.65. The van der Waals surface area contributed by atoms with Gasteiger partial charge in [0.15, 0.2) is 6.10 Å². The summed E-state index contributed by atoms with van der Waals surface area (Å²) in [4.78, 5) is 33.0. The summed E-state index contributed by atoms with van der Waals surface area (Å²) in [5.41, 5.74) is 2.65. The Morgan fingerprint density at radius 1 is 0.946 bits per heavy atom. The molecule has 2 aliphatic rings. The van der Waals surface area contributed by atoms with Crippen molar-refractivity contribution in [1.29, 1.82) is 0 Å². The van der Waals surface area contributed by atoms with E-state index in [1.165, 1.54) is 24.2 Å². The van der Waals surface area contributed by atoms with Crippen molar-refractivity contribution >= 4 is 24.2 Å². The van der Waals surface area contributed by atoms with Crippen molar-refractivity contribution in [2.75, 3.05) is 26.2 Å². The van der Waals surface area contributed by atoms with E-state index in [1.807, 2.05) is 66.7 Å². The van der Waals surface area contributed by atoms with E-state index in [2.05, 4.69) is 9.88 Å². The van der Waals surface area contributed by atoms with Gasteiger partial charge in [-0.3, -0.25) is 4.79 Å². The molecule has 2 aliphatic heterocycles. The lowest BCUT2D eigenvalue weighted by molar-refractivity contribution is -0.129. The second-order valence-electron chi connectivity index (χ2n) is 9.32. The van der Waals surface area contributed by atoms with Gasteiger partial charge in [0.25, 0.3) is 5.91 Å². The molecule has 0 spiro atoms. The third-order valence-corrected chi connectivity index (χ3v) is 6.61. The summed E-state index contributed by atoms with van der Waals surface area (Å²) in [6.07, 6.45) is 7.95. The van der Waals surface area contributed by atoms with Gasteiger partial charge in [-0.2, -0.15) is 0 Å². The zero-order valence-electron chi connectivity index (χ0n) is 20.8. The summed E-state index contributed by atoms with van der Waals surface area (Å²) < 4.78 is 16.7. The average molecular weight is 502 g/mol. The minimum absolute atomic E-state index is 0.259. The number of carbonyl (C=O) groups excluding carboxylic acids is 2. The molecule has 2 fully saturated rings. The molecular formula is C29H31N3O5. The SMILES string of the molecule is O=C1OC(Cc2ccc(OCc3coc(/C=C/c4ccccc4)n3)cc2)C(=O)N1CCN1CCCCC1. The Morgan fingerprint density at radius 3 is 2.51 bits per heavy atom. The molecule has 1 unspecified atom stereocenters. The van der Waals surface area contributed by atoms with Crippen LogP contribution in [0.2, 0.25) is 0 Å². The van der Waals surface area contributed by atoms with E-state index in [1.54, 1.807) is 6.26 Å². The van der Waals surface area contributed by atoms with Crippen LogP contribution in [0.25, 0.3) is 12.2 Å². The minimum Gasteiger partial charge on any atom is -0.487 e. The van der Waals surface area contributed by atoms with Crippen molar-refractivity contribution in [3.63, 3.8) is 0 Å². The van der Waals surface area contributed by atoms with Crippen LogP contribution in [-0.4, -0.2) is 59.1 Å². The molecule has 192 valence electrons. The van der Waals surface area contributed by atoms with Gasteiger partial charge in [-0.05, 0) is 55.3 Å². The molecule has 0 saturated carbocycles. The molecule has 0 radical (unpaired) electrons. The fourth-order valence-corrected chi connectivity index (χ4v) is 4.54. The lowest BCUT2D eigenvalue weighted by Crippen LogP contribution is -2.40. The summed E-state index contributed by atoms with van der Waals surface area (Å²) in [5, 5.41) is 0. The standard InChI is InChI=1S/C29H31N3O5/c33-28-26(37-29(34)32(28)18-17-31-15-5-2-6-16-31)19-23-9-12-25(13-10-23)35-20-24-21-36-27(30-24)14-11-22-7-3-1-4-8-22/h1,3-4,7-14,21,26H,2,5-6,15-20H2/b14-11+. The first-order valence-corrected chi connectivity index (χ1v) is 12.8. The van der Waals surface area contributed by atoms with Crippen LogP contribution in [0.5, 0.6) is 5.75 Å². The predicted molar refractivity (Wildman–Crippen MR) is 139 cm³/mol. The van der Waals surface area contributed by atoms with Crippen LogP contribution >= 0.6 is 0 Å². The number of ether oxygens (including phenoxy) is 2. The number of hydrogen-bond acceptors (Lipinski definition) is 7. The lowest BCUT2D eigenvalue weighted by Gasteiger charge is -2.27. The van der Waals surface area contributed by atoms with Gasteiger partial charge in [0.05, 0.1) is 0 Å². The van der Waals surface area contributed by atoms with Gasteiger partial charge >= 0.3 is 6.09 Å². The third-order valence-electron chi connectivity index (χ3n) is 6.61. The van der Waals surface area contributed by atoms with Crippen LogP contribution in [0.15, 0.2) is 65.3 Å². The molecule has 3 heterocycles. The first-order valence-electron chi connectivity index (χ1n) is 12.8. The Kier molecular flexibility index (Phi) is 7.96. The highest BCUT2D eigenvalue weighted by atomic mass is 16.6. The molecule has 8 nitrogen and oxygen atoms in total. The molecule has 5 rings (SSSR count). The Balaban J connectivity index is 1.08. The Bertz CT molecular complexity index is 1220. The van der Waals surface area contributed by atoms with Crippen LogP contribution in [0.4, 0.5) is 4.79 Å². The van der Waals surface area contributed by atoms with Crippen LogP contribution in [0, 0.1) is 0 Å². The molecule has 1 atom stereocenters. The molecule has 2 saturated heterocycles. The van der Waals surface area contributed by atoms with E-state index in [9.17, 15) is 9.59 Å². The van der Waals surface area contributed by atoms with E-state index in [4.69, 9.17) is 13.9 Å². The molecule has 3 aromatic rings. The molecule has 8 heteroatoms. The number of hydrogen-bond donors (Lipinski definition) is 0. The number of benzene rings is 2. The lowest BCUT2D eigenvalue weighted by atomic mass is 10.1. The van der Waals surface area contributed by atoms with E-state index in [-0.39, 0.29) is 12.5 Å². The highest BCUT2D eigenvalue weighted by Crippen LogP contribution is 2.21. The number of carbonyl (C=O) groups is 2. The van der Waals surface area contributed by atoms with Crippen LogP contribution < -0.4 is 4.74 Å². The molecule has 2 aromatic carbocycles. The van der Waals surface area contributed by atoms with Crippen LogP contribution in [0.1, 0.15) is 42.0 Å². The van der Waals surface area contributed by atoms with Gasteiger partial charge in [0, 0.05) is 25.6 Å². The molecule has 0 aliphatic carbocycles. The van der Waals surface area contributed by atoms with Crippen molar-refractivity contribution in [3.8, 4) is 5.75 Å². The number of rotatable bonds is 10. The minimum atomic E-state index is -0.780. The first-order chi connectivity index (χ1) is 18.1. The fourth-order valence-electron chi connectivity index (χ4n) is 4.54. The van der Waals surface area contributed by atoms with Crippen LogP contribution in [-0.2, 0) is 22.6 Å². The summed E-state index contributed by atoms with van der Waals surface area (Å²) in [6, 6.07) is 17.4. The van der Waals surface area contributed by atoms with E-state index in [0.717, 1.165) is 24.2 Å². The predicted octanol–water partition coefficient (Wildman–Crippen LogP) is 4.80. The highest BCUT2D eigenvalue weighted by Gasteiger charge is 2.40. The number of cyclic esters (lactones) is 1. The number of likely N-dealkylation sites (tertiary alicyclic amines) is 1. The Morgan fingerprint density at radius 2 is 1.73 bits per heavy atom. The van der Waals surface area contributed by atoms with Gasteiger partial charge in [-0.15, -0.1) is 0 Å². The molecule has 1 aromatic heterocycles. The quantitative estimate of drug-likeness (QED) is 0.395. The molecule has 0 bridgehead atoms. The number of imide groups is 1. The highest BCUT2D eigenvalue weighted by molar-refractivity contribution is 6.00. The molecular weight excluding hydrogens is 470 g/mol. The number of nitrogens with zero attached hydrogens (tertiary/aromatic N) is 3. The molecule has 0 N–H and O–H groups in total. The number of aromatic nitrogens is 1. The van der Waals surface area contributed by atoms with Gasteiger partial charge < -0.3 is 18.8 Å². The maximum absolute atomic E-state index is 12.8. The largest absolute Gasteiger partial charge is 0.487 e. The summed E-state index contributed by atoms with van der Waals surface area (Å²) >= 11 is 0. The molecule has 37 heavy (non-hydrogen) atoms. The summed E-state index contributed by atoms with van der Waals surface area (Å²) in [5.74, 6) is 0.926. The van der Waals surface area contributed by atoms with Crippen molar-refractivity contribution in [1.82, 2.24) is 14.8 Å². The maximum atomic E-state index is 12.8. The monoisotopic (exact) mass is 501 g/mol. The Labute approximate surface area is 216 Å². The number of oxazole rings is 1. The van der Waals surface area contributed by atoms with E-state index < -0.39 is 12.2 Å². The van der Waals surface area contributed by atoms with Crippen LogP contribution in [0.3, 0.4) is 0 Å². The summed E-state index contributed by atoms with van der Waals surface area (Å²) in [7, 11) is 0.